The molecule has 0 saturated heterocycles. The quantitative estimate of drug-likeness (QED) is 0.212. The zero-order valence-electron chi connectivity index (χ0n) is 20.6. The topological polar surface area (TPSA) is 174 Å². The van der Waals surface area contributed by atoms with Gasteiger partial charge in [0.05, 0.1) is 17.9 Å². The molecule has 0 fully saturated rings. The maximum Gasteiger partial charge on any atom is 0.182 e. The monoisotopic (exact) mass is 542 g/mol. The van der Waals surface area contributed by atoms with Crippen molar-refractivity contribution in [2.75, 3.05) is 0 Å². The number of hydrogen-bond acceptors (Lipinski definition) is 10. The summed E-state index contributed by atoms with van der Waals surface area (Å²) >= 11 is 0. The second kappa shape index (κ2) is 9.12. The fraction of sp³-hybridized carbons (Fsp3) is 0.133. The third-order valence-corrected chi connectivity index (χ3v) is 7.14. The van der Waals surface area contributed by atoms with Crippen LogP contribution >= 0.6 is 0 Å². The summed E-state index contributed by atoms with van der Waals surface area (Å²) in [6.45, 7) is 0. The molecule has 0 bridgehead atoms. The van der Waals surface area contributed by atoms with Crippen molar-refractivity contribution in [3.63, 3.8) is 0 Å². The molecule has 4 aromatic rings. The smallest absolute Gasteiger partial charge is 0.182 e. The van der Waals surface area contributed by atoms with E-state index in [9.17, 15) is 40.2 Å². The van der Waals surface area contributed by atoms with Crippen molar-refractivity contribution in [3.05, 3.63) is 94.5 Å². The van der Waals surface area contributed by atoms with Gasteiger partial charge in [-0.25, -0.2) is 0 Å². The van der Waals surface area contributed by atoms with Crippen LogP contribution in [-0.2, 0) is 0 Å². The van der Waals surface area contributed by atoms with Crippen LogP contribution in [-0.4, -0.2) is 42.2 Å². The summed E-state index contributed by atoms with van der Waals surface area (Å²) < 4.78 is 12.3. The van der Waals surface area contributed by atoms with E-state index in [1.807, 2.05) is 0 Å². The third-order valence-electron chi connectivity index (χ3n) is 7.14. The maximum atomic E-state index is 14.1. The highest BCUT2D eigenvalue weighted by Gasteiger charge is 2.46. The van der Waals surface area contributed by atoms with Gasteiger partial charge in [0.1, 0.15) is 69.3 Å². The Balaban J connectivity index is 1.57. The van der Waals surface area contributed by atoms with Crippen LogP contribution in [0.15, 0.2) is 66.7 Å². The molecule has 0 amide bonds. The molecule has 0 spiro atoms. The van der Waals surface area contributed by atoms with E-state index in [1.54, 1.807) is 12.1 Å². The second-order valence-electron chi connectivity index (χ2n) is 9.67. The summed E-state index contributed by atoms with van der Waals surface area (Å²) in [5.41, 5.74) is 0.302. The Morgan fingerprint density at radius 3 is 1.88 bits per heavy atom. The number of benzene rings is 4. The first-order valence-electron chi connectivity index (χ1n) is 12.3. The SMILES string of the molecule is O=C1C[C@@H](c2ccc(O)cc2)Oc2c1c(O)cc(O)c2[C@H]1C(=O)c2c(O)cc(O)cc2O[C@@H]1c1ccc(O)cc1. The van der Waals surface area contributed by atoms with E-state index >= 15 is 0 Å². The van der Waals surface area contributed by atoms with Crippen LogP contribution in [0.25, 0.3) is 0 Å². The second-order valence-corrected chi connectivity index (χ2v) is 9.67. The van der Waals surface area contributed by atoms with Gasteiger partial charge in [0.15, 0.2) is 11.6 Å². The molecule has 0 unspecified atom stereocenters. The highest BCUT2D eigenvalue weighted by atomic mass is 16.5. The first-order chi connectivity index (χ1) is 19.1. The predicted molar refractivity (Wildman–Crippen MR) is 139 cm³/mol. The molecule has 6 N–H and O–H groups in total. The van der Waals surface area contributed by atoms with Gasteiger partial charge in [0, 0.05) is 18.2 Å². The van der Waals surface area contributed by atoms with Crippen molar-refractivity contribution in [1.29, 1.82) is 0 Å². The summed E-state index contributed by atoms with van der Waals surface area (Å²) in [4.78, 5) is 27.4. The highest BCUT2D eigenvalue weighted by molar-refractivity contribution is 6.09. The molecule has 10 nitrogen and oxygen atoms in total. The predicted octanol–water partition coefficient (Wildman–Crippen LogP) is 4.73. The molecule has 0 saturated carbocycles. The van der Waals surface area contributed by atoms with Gasteiger partial charge in [-0.05, 0) is 35.4 Å². The van der Waals surface area contributed by atoms with E-state index in [-0.39, 0.29) is 51.9 Å². The number of Topliss-reactive ketones (excluding diaryl/α,β-unsaturated/α-hetero) is 2. The molecular formula is C30H22O10. The summed E-state index contributed by atoms with van der Waals surface area (Å²) in [6.07, 6.45) is -2.20. The van der Waals surface area contributed by atoms with Gasteiger partial charge in [0.2, 0.25) is 0 Å². The Bertz CT molecular complexity index is 1670. The number of rotatable bonds is 3. The molecule has 2 heterocycles. The van der Waals surface area contributed by atoms with Crippen LogP contribution in [0.5, 0.6) is 46.0 Å². The van der Waals surface area contributed by atoms with Crippen molar-refractivity contribution < 1.29 is 49.7 Å². The Kier molecular flexibility index (Phi) is 5.69. The van der Waals surface area contributed by atoms with Crippen LogP contribution < -0.4 is 9.47 Å². The first-order valence-corrected chi connectivity index (χ1v) is 12.3. The van der Waals surface area contributed by atoms with Crippen LogP contribution in [0.4, 0.5) is 0 Å². The minimum Gasteiger partial charge on any atom is -0.508 e. The number of ether oxygens (including phenoxy) is 2. The molecule has 2 aliphatic heterocycles. The maximum absolute atomic E-state index is 14.1. The summed E-state index contributed by atoms with van der Waals surface area (Å²) in [5, 5.41) is 61.9. The Hall–Kier alpha value is -5.38. The molecule has 6 rings (SSSR count). The van der Waals surface area contributed by atoms with Gasteiger partial charge >= 0.3 is 0 Å². The molecule has 40 heavy (non-hydrogen) atoms. The lowest BCUT2D eigenvalue weighted by Gasteiger charge is -2.36. The molecule has 0 aromatic heterocycles. The van der Waals surface area contributed by atoms with Crippen molar-refractivity contribution in [2.24, 2.45) is 0 Å². The summed E-state index contributed by atoms with van der Waals surface area (Å²) in [7, 11) is 0. The molecular weight excluding hydrogens is 520 g/mol. The minimum atomic E-state index is -1.40. The molecule has 10 heteroatoms. The molecule has 0 aliphatic carbocycles. The first kappa shape index (κ1) is 24.9. The van der Waals surface area contributed by atoms with Gasteiger partial charge in [-0.2, -0.15) is 0 Å². The van der Waals surface area contributed by atoms with Crippen LogP contribution in [0, 0.1) is 0 Å². The lowest BCUT2D eigenvalue weighted by molar-refractivity contribution is 0.0739. The van der Waals surface area contributed by atoms with E-state index in [2.05, 4.69) is 0 Å². The van der Waals surface area contributed by atoms with E-state index < -0.39 is 46.9 Å². The van der Waals surface area contributed by atoms with Gasteiger partial charge in [-0.1, -0.05) is 24.3 Å². The van der Waals surface area contributed by atoms with Crippen molar-refractivity contribution in [1.82, 2.24) is 0 Å². The van der Waals surface area contributed by atoms with E-state index in [0.717, 1.165) is 12.1 Å². The summed E-state index contributed by atoms with van der Waals surface area (Å²) in [6, 6.07) is 14.8. The molecule has 3 atom stereocenters. The lowest BCUT2D eigenvalue weighted by Crippen LogP contribution is -2.32. The number of hydrogen-bond donors (Lipinski definition) is 6. The fourth-order valence-electron chi connectivity index (χ4n) is 5.30. The Labute approximate surface area is 226 Å². The third kappa shape index (κ3) is 3.97. The Morgan fingerprint density at radius 2 is 1.23 bits per heavy atom. The van der Waals surface area contributed by atoms with Crippen LogP contribution in [0.3, 0.4) is 0 Å². The largest absolute Gasteiger partial charge is 0.508 e. The number of carbonyl (C=O) groups excluding carboxylic acids is 2. The number of fused-ring (bicyclic) bond motifs is 2. The van der Waals surface area contributed by atoms with Gasteiger partial charge in [-0.3, -0.25) is 9.59 Å². The average Bonchev–Trinajstić information content (AvgIpc) is 2.89. The van der Waals surface area contributed by atoms with E-state index in [4.69, 9.17) is 9.47 Å². The zero-order chi connectivity index (χ0) is 28.3. The standard InChI is InChI=1S/C30H22O10/c31-15-5-1-13(2-6-15)22-12-21(37)24-19(35)11-20(36)26(30(24)39-22)27-28(38)25-18(34)9-17(33)10-23(25)40-29(27)14-3-7-16(32)8-4-14/h1-11,22,27,29,31-36H,12H2/t22-,27-,29+/m0/s1. The van der Waals surface area contributed by atoms with Crippen LogP contribution in [0.1, 0.15) is 62.0 Å². The highest BCUT2D eigenvalue weighted by Crippen LogP contribution is 2.55. The normalized spacial score (nSPS) is 19.8. The zero-order valence-corrected chi connectivity index (χ0v) is 20.6. The summed E-state index contributed by atoms with van der Waals surface area (Å²) in [5.74, 6) is -4.97. The van der Waals surface area contributed by atoms with Crippen molar-refractivity contribution >= 4 is 11.6 Å². The van der Waals surface area contributed by atoms with Gasteiger partial charge in [0.25, 0.3) is 0 Å². The molecule has 0 radical (unpaired) electrons. The average molecular weight is 542 g/mol. The number of phenolic OH excluding ortho intramolecular Hbond substituents is 6. The van der Waals surface area contributed by atoms with Crippen molar-refractivity contribution in [3.8, 4) is 46.0 Å². The lowest BCUT2D eigenvalue weighted by atomic mass is 9.78. The molecule has 202 valence electrons. The Morgan fingerprint density at radius 1 is 0.625 bits per heavy atom. The van der Waals surface area contributed by atoms with E-state index in [1.165, 1.54) is 42.5 Å². The minimum absolute atomic E-state index is 0.00784. The van der Waals surface area contributed by atoms with Gasteiger partial charge in [-0.15, -0.1) is 0 Å². The number of ketones is 2. The van der Waals surface area contributed by atoms with Gasteiger partial charge < -0.3 is 40.1 Å². The number of aromatic hydroxyl groups is 6. The van der Waals surface area contributed by atoms with Crippen LogP contribution in [0.2, 0.25) is 0 Å². The molecule has 2 aliphatic rings. The van der Waals surface area contributed by atoms with E-state index in [0.29, 0.717) is 11.1 Å². The number of carbonyl (C=O) groups is 2. The van der Waals surface area contributed by atoms with Crippen molar-refractivity contribution in [2.45, 2.75) is 24.5 Å². The fourth-order valence-corrected chi connectivity index (χ4v) is 5.30. The number of phenols is 6. The molecule has 4 aromatic carbocycles.